The molecule has 0 aliphatic rings. The normalized spacial score (nSPS) is 10.4. The SMILES string of the molecule is COc1cc(N)c(C(=O)O)cc1OCCC(C)C. The number of carboxylic acid groups (broad SMARTS) is 1. The van der Waals surface area contributed by atoms with Crippen molar-refractivity contribution in [3.63, 3.8) is 0 Å². The van der Waals surface area contributed by atoms with Gasteiger partial charge in [-0.25, -0.2) is 4.79 Å². The Balaban J connectivity index is 2.93. The van der Waals surface area contributed by atoms with Gasteiger partial charge in [-0.15, -0.1) is 0 Å². The van der Waals surface area contributed by atoms with Crippen molar-refractivity contribution in [1.82, 2.24) is 0 Å². The summed E-state index contributed by atoms with van der Waals surface area (Å²) in [6, 6.07) is 2.87. The van der Waals surface area contributed by atoms with Crippen LogP contribution in [0.4, 0.5) is 5.69 Å². The Morgan fingerprint density at radius 3 is 2.56 bits per heavy atom. The first-order chi connectivity index (χ1) is 8.45. The van der Waals surface area contributed by atoms with Gasteiger partial charge in [0.2, 0.25) is 0 Å². The Morgan fingerprint density at radius 2 is 2.06 bits per heavy atom. The van der Waals surface area contributed by atoms with Gasteiger partial charge in [-0.1, -0.05) is 13.8 Å². The molecule has 0 atom stereocenters. The molecule has 0 fully saturated rings. The lowest BCUT2D eigenvalue weighted by molar-refractivity contribution is 0.0697. The minimum atomic E-state index is -1.08. The molecule has 5 nitrogen and oxygen atoms in total. The fourth-order valence-corrected chi connectivity index (χ4v) is 1.44. The zero-order valence-electron chi connectivity index (χ0n) is 10.9. The number of nitrogens with two attached hydrogens (primary N) is 1. The summed E-state index contributed by atoms with van der Waals surface area (Å²) >= 11 is 0. The Morgan fingerprint density at radius 1 is 1.39 bits per heavy atom. The molecular weight excluding hydrogens is 234 g/mol. The van der Waals surface area contributed by atoms with Gasteiger partial charge in [0.05, 0.1) is 25.0 Å². The van der Waals surface area contributed by atoms with Gasteiger partial charge >= 0.3 is 5.97 Å². The van der Waals surface area contributed by atoms with E-state index in [0.717, 1.165) is 6.42 Å². The number of nitrogen functional groups attached to an aromatic ring is 1. The van der Waals surface area contributed by atoms with Crippen LogP contribution < -0.4 is 15.2 Å². The fourth-order valence-electron chi connectivity index (χ4n) is 1.44. The molecule has 0 aromatic heterocycles. The minimum Gasteiger partial charge on any atom is -0.493 e. The van der Waals surface area contributed by atoms with Crippen molar-refractivity contribution in [2.24, 2.45) is 5.92 Å². The smallest absolute Gasteiger partial charge is 0.337 e. The Hall–Kier alpha value is -1.91. The van der Waals surface area contributed by atoms with Crippen molar-refractivity contribution in [1.29, 1.82) is 0 Å². The van der Waals surface area contributed by atoms with E-state index in [4.69, 9.17) is 20.3 Å². The predicted molar refractivity (Wildman–Crippen MR) is 69.3 cm³/mol. The van der Waals surface area contributed by atoms with E-state index in [1.807, 2.05) is 0 Å². The maximum atomic E-state index is 11.0. The Bertz CT molecular complexity index is 429. The molecule has 0 unspecified atom stereocenters. The molecular formula is C13H19NO4. The summed E-state index contributed by atoms with van der Waals surface area (Å²) in [7, 11) is 1.49. The van der Waals surface area contributed by atoms with Gasteiger partial charge in [-0.3, -0.25) is 0 Å². The number of rotatable bonds is 6. The molecule has 1 rings (SSSR count). The van der Waals surface area contributed by atoms with E-state index in [-0.39, 0.29) is 11.3 Å². The average molecular weight is 253 g/mol. The van der Waals surface area contributed by atoms with Gasteiger partial charge in [0.25, 0.3) is 0 Å². The number of hydrogen-bond donors (Lipinski definition) is 2. The first-order valence-electron chi connectivity index (χ1n) is 5.79. The first-order valence-corrected chi connectivity index (χ1v) is 5.79. The molecule has 0 radical (unpaired) electrons. The van der Waals surface area contributed by atoms with Crippen LogP contribution in [0.1, 0.15) is 30.6 Å². The molecule has 1 aromatic carbocycles. The van der Waals surface area contributed by atoms with E-state index in [1.165, 1.54) is 19.2 Å². The van der Waals surface area contributed by atoms with E-state index in [2.05, 4.69) is 13.8 Å². The molecule has 0 heterocycles. The molecule has 0 amide bonds. The molecule has 5 heteroatoms. The van der Waals surface area contributed by atoms with Crippen LogP contribution in [-0.2, 0) is 0 Å². The van der Waals surface area contributed by atoms with Crippen LogP contribution in [0.2, 0.25) is 0 Å². The third-order valence-electron chi connectivity index (χ3n) is 2.52. The molecule has 18 heavy (non-hydrogen) atoms. The maximum absolute atomic E-state index is 11.0. The number of carbonyl (C=O) groups is 1. The standard InChI is InChI=1S/C13H19NO4/c1-8(2)4-5-18-12-6-9(13(15)16)10(14)7-11(12)17-3/h6-8H,4-5,14H2,1-3H3,(H,15,16). The van der Waals surface area contributed by atoms with Crippen LogP contribution in [-0.4, -0.2) is 24.8 Å². The van der Waals surface area contributed by atoms with Crippen LogP contribution in [0.3, 0.4) is 0 Å². The number of carboxylic acids is 1. The Labute approximate surface area is 107 Å². The number of aromatic carboxylic acids is 1. The molecule has 1 aromatic rings. The first kappa shape index (κ1) is 14.2. The predicted octanol–water partition coefficient (Wildman–Crippen LogP) is 2.40. The minimum absolute atomic E-state index is 0.0235. The summed E-state index contributed by atoms with van der Waals surface area (Å²) < 4.78 is 10.7. The van der Waals surface area contributed by atoms with Crippen molar-refractivity contribution >= 4 is 11.7 Å². The molecule has 3 N–H and O–H groups in total. The molecule has 100 valence electrons. The largest absolute Gasteiger partial charge is 0.493 e. The lowest BCUT2D eigenvalue weighted by atomic mass is 10.1. The van der Waals surface area contributed by atoms with Crippen LogP contribution >= 0.6 is 0 Å². The lowest BCUT2D eigenvalue weighted by Crippen LogP contribution is -2.07. The Kier molecular flexibility index (Phi) is 4.83. The third-order valence-corrected chi connectivity index (χ3v) is 2.52. The summed E-state index contributed by atoms with van der Waals surface area (Å²) in [6.07, 6.45) is 0.885. The highest BCUT2D eigenvalue weighted by Crippen LogP contribution is 2.32. The number of benzene rings is 1. The van der Waals surface area contributed by atoms with Crippen molar-refractivity contribution in [3.05, 3.63) is 17.7 Å². The van der Waals surface area contributed by atoms with Gasteiger partial charge in [-0.2, -0.15) is 0 Å². The highest BCUT2D eigenvalue weighted by Gasteiger charge is 2.14. The van der Waals surface area contributed by atoms with Crippen LogP contribution in [0, 0.1) is 5.92 Å². The van der Waals surface area contributed by atoms with Crippen LogP contribution in [0.15, 0.2) is 12.1 Å². The monoisotopic (exact) mass is 253 g/mol. The molecule has 0 spiro atoms. The summed E-state index contributed by atoms with van der Waals surface area (Å²) in [5.74, 6) is 0.290. The highest BCUT2D eigenvalue weighted by atomic mass is 16.5. The molecule has 0 aliphatic heterocycles. The van der Waals surface area contributed by atoms with Crippen molar-refractivity contribution in [3.8, 4) is 11.5 Å². The van der Waals surface area contributed by atoms with E-state index in [9.17, 15) is 4.79 Å². The average Bonchev–Trinajstić information content (AvgIpc) is 2.29. The number of ether oxygens (including phenoxy) is 2. The van der Waals surface area contributed by atoms with E-state index < -0.39 is 5.97 Å². The lowest BCUT2D eigenvalue weighted by Gasteiger charge is -2.13. The maximum Gasteiger partial charge on any atom is 0.337 e. The second-order valence-electron chi connectivity index (χ2n) is 4.43. The van der Waals surface area contributed by atoms with Crippen molar-refractivity contribution < 1.29 is 19.4 Å². The van der Waals surface area contributed by atoms with Gasteiger partial charge in [0, 0.05) is 12.1 Å². The van der Waals surface area contributed by atoms with Crippen molar-refractivity contribution in [2.75, 3.05) is 19.5 Å². The summed E-state index contributed by atoms with van der Waals surface area (Å²) in [5.41, 5.74) is 5.81. The highest BCUT2D eigenvalue weighted by molar-refractivity contribution is 5.94. The number of hydrogen-bond acceptors (Lipinski definition) is 4. The van der Waals surface area contributed by atoms with Crippen molar-refractivity contribution in [2.45, 2.75) is 20.3 Å². The quantitative estimate of drug-likeness (QED) is 0.761. The van der Waals surface area contributed by atoms with Gasteiger partial charge in [0.1, 0.15) is 0 Å². The van der Waals surface area contributed by atoms with E-state index >= 15 is 0 Å². The van der Waals surface area contributed by atoms with Crippen LogP contribution in [0.5, 0.6) is 11.5 Å². The molecule has 0 bridgehead atoms. The molecule has 0 saturated heterocycles. The van der Waals surface area contributed by atoms with E-state index in [1.54, 1.807) is 0 Å². The second-order valence-corrected chi connectivity index (χ2v) is 4.43. The second kappa shape index (κ2) is 6.14. The topological polar surface area (TPSA) is 81.8 Å². The molecule has 0 aliphatic carbocycles. The number of methoxy groups -OCH3 is 1. The van der Waals surface area contributed by atoms with Gasteiger partial charge in [0.15, 0.2) is 11.5 Å². The van der Waals surface area contributed by atoms with E-state index in [0.29, 0.717) is 24.0 Å². The van der Waals surface area contributed by atoms with Gasteiger partial charge < -0.3 is 20.3 Å². The summed E-state index contributed by atoms with van der Waals surface area (Å²) in [6.45, 7) is 4.69. The summed E-state index contributed by atoms with van der Waals surface area (Å²) in [4.78, 5) is 11.0. The summed E-state index contributed by atoms with van der Waals surface area (Å²) in [5, 5.41) is 8.99. The fraction of sp³-hybridized carbons (Fsp3) is 0.462. The van der Waals surface area contributed by atoms with Crippen LogP contribution in [0.25, 0.3) is 0 Å². The zero-order valence-corrected chi connectivity index (χ0v) is 10.9. The number of anilines is 1. The molecule has 0 saturated carbocycles. The zero-order chi connectivity index (χ0) is 13.7. The third kappa shape index (κ3) is 3.55. The van der Waals surface area contributed by atoms with Gasteiger partial charge in [-0.05, 0) is 12.3 Å².